The molecule has 0 fully saturated rings. The SMILES string of the molecule is O=C1OC(c2ccc(OCc3ccccc3)cc2)=NC1=Cc1ccccc1. The van der Waals surface area contributed by atoms with Crippen LogP contribution in [0.3, 0.4) is 0 Å². The molecular formula is C23H17NO3. The number of nitrogens with zero attached hydrogens (tertiary/aromatic N) is 1. The van der Waals surface area contributed by atoms with Crippen molar-refractivity contribution in [3.05, 3.63) is 107 Å². The molecule has 0 aliphatic carbocycles. The number of hydrogen-bond donors (Lipinski definition) is 0. The van der Waals surface area contributed by atoms with E-state index in [4.69, 9.17) is 9.47 Å². The van der Waals surface area contributed by atoms with Gasteiger partial charge in [0.15, 0.2) is 5.70 Å². The maximum absolute atomic E-state index is 12.1. The van der Waals surface area contributed by atoms with Crippen molar-refractivity contribution in [1.82, 2.24) is 0 Å². The van der Waals surface area contributed by atoms with Crippen LogP contribution in [0.5, 0.6) is 5.75 Å². The van der Waals surface area contributed by atoms with Crippen LogP contribution in [-0.4, -0.2) is 11.9 Å². The Labute approximate surface area is 157 Å². The van der Waals surface area contributed by atoms with Gasteiger partial charge in [-0.2, -0.15) is 0 Å². The first kappa shape index (κ1) is 16.8. The Morgan fingerprint density at radius 1 is 0.852 bits per heavy atom. The number of cyclic esters (lactones) is 1. The standard InChI is InChI=1S/C23H17NO3/c25-23-21(15-17-7-3-1-4-8-17)24-22(27-23)19-11-13-20(14-12-19)26-16-18-9-5-2-6-10-18/h1-15H,16H2. The minimum absolute atomic E-state index is 0.292. The Bertz CT molecular complexity index is 991. The molecule has 1 aliphatic rings. The third kappa shape index (κ3) is 4.12. The van der Waals surface area contributed by atoms with Crippen LogP contribution >= 0.6 is 0 Å². The third-order valence-corrected chi connectivity index (χ3v) is 4.07. The number of carbonyl (C=O) groups is 1. The van der Waals surface area contributed by atoms with E-state index < -0.39 is 5.97 Å². The Kier molecular flexibility index (Phi) is 4.79. The van der Waals surface area contributed by atoms with Gasteiger partial charge in [-0.1, -0.05) is 60.7 Å². The zero-order valence-electron chi connectivity index (χ0n) is 14.5. The van der Waals surface area contributed by atoms with Crippen molar-refractivity contribution in [2.75, 3.05) is 0 Å². The summed E-state index contributed by atoms with van der Waals surface area (Å²) in [5.74, 6) is 0.600. The smallest absolute Gasteiger partial charge is 0.363 e. The molecule has 0 radical (unpaired) electrons. The average molecular weight is 355 g/mol. The zero-order valence-corrected chi connectivity index (χ0v) is 14.5. The molecule has 4 nitrogen and oxygen atoms in total. The van der Waals surface area contributed by atoms with Gasteiger partial charge in [-0.05, 0) is 41.5 Å². The fourth-order valence-corrected chi connectivity index (χ4v) is 2.67. The summed E-state index contributed by atoms with van der Waals surface area (Å²) in [6.45, 7) is 0.500. The number of aliphatic imine (C=N–C) groups is 1. The summed E-state index contributed by atoms with van der Waals surface area (Å²) >= 11 is 0. The van der Waals surface area contributed by atoms with E-state index in [-0.39, 0.29) is 0 Å². The number of ether oxygens (including phenoxy) is 2. The molecule has 0 saturated heterocycles. The first-order valence-corrected chi connectivity index (χ1v) is 8.63. The summed E-state index contributed by atoms with van der Waals surface area (Å²) in [6.07, 6.45) is 1.71. The minimum Gasteiger partial charge on any atom is -0.489 e. The van der Waals surface area contributed by atoms with Crippen LogP contribution in [0, 0.1) is 0 Å². The van der Waals surface area contributed by atoms with Gasteiger partial charge in [0.2, 0.25) is 5.90 Å². The largest absolute Gasteiger partial charge is 0.489 e. The molecule has 3 aromatic carbocycles. The van der Waals surface area contributed by atoms with Crippen molar-refractivity contribution in [2.45, 2.75) is 6.61 Å². The quantitative estimate of drug-likeness (QED) is 0.496. The highest BCUT2D eigenvalue weighted by Crippen LogP contribution is 2.21. The Morgan fingerprint density at radius 3 is 2.22 bits per heavy atom. The van der Waals surface area contributed by atoms with Crippen molar-refractivity contribution >= 4 is 17.9 Å². The average Bonchev–Trinajstić information content (AvgIpc) is 3.09. The van der Waals surface area contributed by atoms with Gasteiger partial charge in [0.1, 0.15) is 12.4 Å². The molecule has 0 saturated carbocycles. The van der Waals surface area contributed by atoms with E-state index in [0.717, 1.165) is 22.4 Å². The number of esters is 1. The van der Waals surface area contributed by atoms with Crippen LogP contribution in [0.15, 0.2) is 95.6 Å². The highest BCUT2D eigenvalue weighted by atomic mass is 16.6. The fraction of sp³-hybridized carbons (Fsp3) is 0.0435. The predicted molar refractivity (Wildman–Crippen MR) is 104 cm³/mol. The summed E-state index contributed by atoms with van der Waals surface area (Å²) in [5, 5.41) is 0. The van der Waals surface area contributed by atoms with Gasteiger partial charge in [0.05, 0.1) is 0 Å². The summed E-state index contributed by atoms with van der Waals surface area (Å²) in [5.41, 5.74) is 3.03. The summed E-state index contributed by atoms with van der Waals surface area (Å²) in [6, 6.07) is 26.9. The van der Waals surface area contributed by atoms with Crippen LogP contribution in [-0.2, 0) is 16.1 Å². The van der Waals surface area contributed by atoms with Gasteiger partial charge in [0, 0.05) is 5.56 Å². The van der Waals surface area contributed by atoms with Crippen LogP contribution in [0.25, 0.3) is 6.08 Å². The van der Waals surface area contributed by atoms with Crippen molar-refractivity contribution in [1.29, 1.82) is 0 Å². The molecular weight excluding hydrogens is 338 g/mol. The van der Waals surface area contributed by atoms with E-state index in [9.17, 15) is 4.79 Å². The summed E-state index contributed by atoms with van der Waals surface area (Å²) in [7, 11) is 0. The highest BCUT2D eigenvalue weighted by Gasteiger charge is 2.24. The van der Waals surface area contributed by atoms with E-state index in [1.165, 1.54) is 0 Å². The van der Waals surface area contributed by atoms with Gasteiger partial charge >= 0.3 is 5.97 Å². The van der Waals surface area contributed by atoms with Gasteiger partial charge in [-0.15, -0.1) is 0 Å². The second-order valence-corrected chi connectivity index (χ2v) is 6.05. The molecule has 0 amide bonds. The monoisotopic (exact) mass is 355 g/mol. The van der Waals surface area contributed by atoms with E-state index in [1.807, 2.05) is 84.9 Å². The van der Waals surface area contributed by atoms with Gasteiger partial charge in [0.25, 0.3) is 0 Å². The van der Waals surface area contributed by atoms with Crippen molar-refractivity contribution in [3.8, 4) is 5.75 Å². The normalized spacial score (nSPS) is 14.7. The molecule has 1 aliphatic heterocycles. The van der Waals surface area contributed by atoms with E-state index in [0.29, 0.717) is 18.2 Å². The minimum atomic E-state index is -0.446. The Balaban J connectivity index is 1.46. The fourth-order valence-electron chi connectivity index (χ4n) is 2.67. The number of carbonyl (C=O) groups excluding carboxylic acids is 1. The Morgan fingerprint density at radius 2 is 1.52 bits per heavy atom. The first-order valence-electron chi connectivity index (χ1n) is 8.63. The maximum Gasteiger partial charge on any atom is 0.363 e. The van der Waals surface area contributed by atoms with E-state index in [2.05, 4.69) is 4.99 Å². The highest BCUT2D eigenvalue weighted by molar-refractivity contribution is 6.12. The van der Waals surface area contributed by atoms with Crippen molar-refractivity contribution < 1.29 is 14.3 Å². The molecule has 4 rings (SSSR count). The molecule has 0 N–H and O–H groups in total. The van der Waals surface area contributed by atoms with Gasteiger partial charge in [-0.3, -0.25) is 0 Å². The maximum atomic E-state index is 12.1. The molecule has 27 heavy (non-hydrogen) atoms. The molecule has 3 aromatic rings. The first-order chi connectivity index (χ1) is 13.3. The lowest BCUT2D eigenvalue weighted by molar-refractivity contribution is -0.129. The van der Waals surface area contributed by atoms with Gasteiger partial charge < -0.3 is 9.47 Å². The number of rotatable bonds is 5. The van der Waals surface area contributed by atoms with E-state index in [1.54, 1.807) is 6.08 Å². The third-order valence-electron chi connectivity index (χ3n) is 4.07. The zero-order chi connectivity index (χ0) is 18.5. The predicted octanol–water partition coefficient (Wildman–Crippen LogP) is 4.61. The number of benzene rings is 3. The van der Waals surface area contributed by atoms with Crippen LogP contribution in [0.2, 0.25) is 0 Å². The molecule has 4 heteroatoms. The molecule has 0 bridgehead atoms. The molecule has 132 valence electrons. The summed E-state index contributed by atoms with van der Waals surface area (Å²) in [4.78, 5) is 16.4. The molecule has 1 heterocycles. The molecule has 0 aromatic heterocycles. The van der Waals surface area contributed by atoms with Crippen LogP contribution in [0.4, 0.5) is 0 Å². The topological polar surface area (TPSA) is 47.9 Å². The Hall–Kier alpha value is -3.66. The van der Waals surface area contributed by atoms with Crippen molar-refractivity contribution in [3.63, 3.8) is 0 Å². The lowest BCUT2D eigenvalue weighted by Gasteiger charge is -2.07. The van der Waals surface area contributed by atoms with Crippen molar-refractivity contribution in [2.24, 2.45) is 4.99 Å². The lowest BCUT2D eigenvalue weighted by atomic mass is 10.2. The van der Waals surface area contributed by atoms with Crippen LogP contribution in [0.1, 0.15) is 16.7 Å². The second-order valence-electron chi connectivity index (χ2n) is 6.05. The molecule has 0 atom stereocenters. The van der Waals surface area contributed by atoms with E-state index >= 15 is 0 Å². The molecule has 0 unspecified atom stereocenters. The van der Waals surface area contributed by atoms with Gasteiger partial charge in [-0.25, -0.2) is 9.79 Å². The molecule has 0 spiro atoms. The second kappa shape index (κ2) is 7.70. The lowest BCUT2D eigenvalue weighted by Crippen LogP contribution is -2.05. The summed E-state index contributed by atoms with van der Waals surface area (Å²) < 4.78 is 11.1. The van der Waals surface area contributed by atoms with Crippen LogP contribution < -0.4 is 4.74 Å². The number of hydrogen-bond acceptors (Lipinski definition) is 4.